The Bertz CT molecular complexity index is 687. The molecule has 0 aliphatic rings. The number of anilines is 1. The maximum atomic E-state index is 12.6. The second-order valence-corrected chi connectivity index (χ2v) is 5.47. The van der Waals surface area contributed by atoms with Crippen LogP contribution < -0.4 is 10.5 Å². The monoisotopic (exact) mass is 330 g/mol. The van der Waals surface area contributed by atoms with Gasteiger partial charge in [-0.1, -0.05) is 25.4 Å². The van der Waals surface area contributed by atoms with E-state index in [4.69, 9.17) is 22.1 Å². The quantitative estimate of drug-likeness (QED) is 0.782. The summed E-state index contributed by atoms with van der Waals surface area (Å²) in [6.07, 6.45) is -3.81. The first kappa shape index (κ1) is 16.4. The molecule has 0 fully saturated rings. The van der Waals surface area contributed by atoms with Crippen molar-refractivity contribution in [1.82, 2.24) is 4.98 Å². The van der Waals surface area contributed by atoms with Crippen LogP contribution in [0.4, 0.5) is 18.9 Å². The number of hydrogen-bond acceptors (Lipinski definition) is 3. The Balaban J connectivity index is 2.36. The molecule has 0 saturated heterocycles. The van der Waals surface area contributed by atoms with E-state index in [1.165, 1.54) is 0 Å². The van der Waals surface area contributed by atoms with Crippen molar-refractivity contribution in [3.8, 4) is 11.6 Å². The molecule has 1 aromatic carbocycles. The second kappa shape index (κ2) is 6.04. The normalized spacial score (nSPS) is 11.8. The lowest BCUT2D eigenvalue weighted by molar-refractivity contribution is -0.137. The number of nitrogens with two attached hydrogens (primary N) is 1. The molecule has 0 amide bonds. The van der Waals surface area contributed by atoms with Gasteiger partial charge >= 0.3 is 6.18 Å². The van der Waals surface area contributed by atoms with Crippen LogP contribution in [-0.4, -0.2) is 4.98 Å². The number of nitrogen functional groups attached to an aromatic ring is 1. The average molecular weight is 331 g/mol. The van der Waals surface area contributed by atoms with E-state index in [-0.39, 0.29) is 16.8 Å². The molecule has 2 N–H and O–H groups in total. The van der Waals surface area contributed by atoms with Gasteiger partial charge in [0.15, 0.2) is 0 Å². The maximum absolute atomic E-state index is 12.6. The van der Waals surface area contributed by atoms with Crippen molar-refractivity contribution in [2.24, 2.45) is 0 Å². The lowest BCUT2D eigenvalue weighted by atomic mass is 10.0. The molecule has 7 heteroatoms. The number of benzene rings is 1. The van der Waals surface area contributed by atoms with Gasteiger partial charge in [-0.15, -0.1) is 0 Å². The zero-order chi connectivity index (χ0) is 16.5. The predicted octanol–water partition coefficient (Wildman–Crippen LogP) is 5.25. The van der Waals surface area contributed by atoms with Gasteiger partial charge in [-0.25, -0.2) is 4.98 Å². The molecule has 3 nitrogen and oxygen atoms in total. The summed E-state index contributed by atoms with van der Waals surface area (Å²) in [5, 5.41) is -0.207. The molecule has 0 aliphatic heterocycles. The van der Waals surface area contributed by atoms with Gasteiger partial charge in [-0.05, 0) is 35.7 Å². The van der Waals surface area contributed by atoms with Crippen LogP contribution >= 0.6 is 11.6 Å². The van der Waals surface area contributed by atoms with Crippen molar-refractivity contribution in [3.63, 3.8) is 0 Å². The Labute approximate surface area is 130 Å². The molecule has 0 aliphatic carbocycles. The molecule has 0 spiro atoms. The molecule has 0 bridgehead atoms. The summed E-state index contributed by atoms with van der Waals surface area (Å²) in [6.45, 7) is 3.90. The molecule has 0 radical (unpaired) electrons. The molecular formula is C15H14ClF3N2O. The third kappa shape index (κ3) is 3.62. The van der Waals surface area contributed by atoms with Crippen LogP contribution in [0.15, 0.2) is 30.5 Å². The fourth-order valence-electron chi connectivity index (χ4n) is 1.87. The number of nitrogens with zero attached hydrogens (tertiary/aromatic N) is 1. The van der Waals surface area contributed by atoms with E-state index in [1.54, 1.807) is 18.2 Å². The van der Waals surface area contributed by atoms with Crippen molar-refractivity contribution in [3.05, 3.63) is 46.6 Å². The summed E-state index contributed by atoms with van der Waals surface area (Å²) in [6, 6.07) is 5.81. The van der Waals surface area contributed by atoms with Gasteiger partial charge in [0.1, 0.15) is 10.8 Å². The third-order valence-electron chi connectivity index (χ3n) is 3.00. The van der Waals surface area contributed by atoms with Crippen LogP contribution in [0.25, 0.3) is 0 Å². The maximum Gasteiger partial charge on any atom is 0.417 e. The zero-order valence-electron chi connectivity index (χ0n) is 11.9. The molecule has 118 valence electrons. The highest BCUT2D eigenvalue weighted by molar-refractivity contribution is 6.31. The van der Waals surface area contributed by atoms with Gasteiger partial charge in [0.25, 0.3) is 0 Å². The molecule has 1 aromatic heterocycles. The topological polar surface area (TPSA) is 48.1 Å². The first-order valence-electron chi connectivity index (χ1n) is 6.48. The van der Waals surface area contributed by atoms with E-state index in [1.807, 2.05) is 13.8 Å². The van der Waals surface area contributed by atoms with Gasteiger partial charge in [0, 0.05) is 11.9 Å². The van der Waals surface area contributed by atoms with Crippen molar-refractivity contribution >= 4 is 17.3 Å². The highest BCUT2D eigenvalue weighted by Crippen LogP contribution is 2.37. The number of ether oxygens (including phenoxy) is 1. The molecule has 1 heterocycles. The van der Waals surface area contributed by atoms with Gasteiger partial charge in [-0.3, -0.25) is 0 Å². The summed E-state index contributed by atoms with van der Waals surface area (Å²) in [4.78, 5) is 3.66. The third-order valence-corrected chi connectivity index (χ3v) is 3.27. The van der Waals surface area contributed by atoms with Crippen LogP contribution in [0.2, 0.25) is 5.02 Å². The molecule has 0 saturated carbocycles. The first-order chi connectivity index (χ1) is 10.2. The zero-order valence-corrected chi connectivity index (χ0v) is 12.7. The van der Waals surface area contributed by atoms with Crippen LogP contribution in [0.5, 0.6) is 11.6 Å². The first-order valence-corrected chi connectivity index (χ1v) is 6.86. The minimum atomic E-state index is -4.50. The van der Waals surface area contributed by atoms with Gasteiger partial charge in [0.05, 0.1) is 5.56 Å². The van der Waals surface area contributed by atoms with Crippen LogP contribution in [-0.2, 0) is 6.18 Å². The summed E-state index contributed by atoms with van der Waals surface area (Å²) in [7, 11) is 0. The fraction of sp³-hybridized carbons (Fsp3) is 0.267. The van der Waals surface area contributed by atoms with E-state index in [0.29, 0.717) is 17.6 Å². The standard InChI is InChI=1S/C15H14ClF3N2O/c1-8(2)11-6-10(20)3-4-13(11)22-14-12(16)5-9(7-21-14)15(17,18)19/h3-8H,20H2,1-2H3. The summed E-state index contributed by atoms with van der Waals surface area (Å²) < 4.78 is 43.3. The van der Waals surface area contributed by atoms with Gasteiger partial charge < -0.3 is 10.5 Å². The lowest BCUT2D eigenvalue weighted by Gasteiger charge is -2.15. The number of halogens is 4. The number of rotatable bonds is 3. The van der Waals surface area contributed by atoms with Crippen molar-refractivity contribution in [2.75, 3.05) is 5.73 Å². The molecule has 2 aromatic rings. The molecule has 0 atom stereocenters. The molecule has 0 unspecified atom stereocenters. The number of pyridine rings is 1. The van der Waals surface area contributed by atoms with E-state index in [9.17, 15) is 13.2 Å². The molecule has 2 rings (SSSR count). The van der Waals surface area contributed by atoms with Crippen molar-refractivity contribution in [2.45, 2.75) is 25.9 Å². The van der Waals surface area contributed by atoms with Gasteiger partial charge in [-0.2, -0.15) is 13.2 Å². The van der Waals surface area contributed by atoms with Crippen molar-refractivity contribution < 1.29 is 17.9 Å². The smallest absolute Gasteiger partial charge is 0.417 e. The minimum Gasteiger partial charge on any atom is -0.437 e. The number of alkyl halides is 3. The Hall–Kier alpha value is -1.95. The highest BCUT2D eigenvalue weighted by atomic mass is 35.5. The minimum absolute atomic E-state index is 0.0821. The van der Waals surface area contributed by atoms with Crippen LogP contribution in [0, 0.1) is 0 Å². The predicted molar refractivity (Wildman–Crippen MR) is 79.3 cm³/mol. The van der Waals surface area contributed by atoms with E-state index in [2.05, 4.69) is 4.98 Å². The van der Waals surface area contributed by atoms with Crippen LogP contribution in [0.3, 0.4) is 0 Å². The van der Waals surface area contributed by atoms with E-state index in [0.717, 1.165) is 11.6 Å². The van der Waals surface area contributed by atoms with E-state index < -0.39 is 11.7 Å². The second-order valence-electron chi connectivity index (χ2n) is 5.06. The van der Waals surface area contributed by atoms with Crippen LogP contribution in [0.1, 0.15) is 30.9 Å². The number of aromatic nitrogens is 1. The Morgan fingerprint density at radius 2 is 1.91 bits per heavy atom. The Morgan fingerprint density at radius 1 is 1.23 bits per heavy atom. The SMILES string of the molecule is CC(C)c1cc(N)ccc1Oc1ncc(C(F)(F)F)cc1Cl. The summed E-state index contributed by atoms with van der Waals surface area (Å²) >= 11 is 5.84. The summed E-state index contributed by atoms with van der Waals surface area (Å²) in [5.41, 5.74) is 6.20. The molecular weight excluding hydrogens is 317 g/mol. The fourth-order valence-corrected chi connectivity index (χ4v) is 2.08. The number of hydrogen-bond donors (Lipinski definition) is 1. The molecule has 22 heavy (non-hydrogen) atoms. The van der Waals surface area contributed by atoms with Gasteiger partial charge in [0.2, 0.25) is 5.88 Å². The Kier molecular flexibility index (Phi) is 4.51. The largest absolute Gasteiger partial charge is 0.437 e. The average Bonchev–Trinajstić information content (AvgIpc) is 2.41. The Morgan fingerprint density at radius 3 is 2.45 bits per heavy atom. The summed E-state index contributed by atoms with van der Waals surface area (Å²) in [5.74, 6) is 0.492. The lowest BCUT2D eigenvalue weighted by Crippen LogP contribution is -2.06. The van der Waals surface area contributed by atoms with E-state index >= 15 is 0 Å². The highest BCUT2D eigenvalue weighted by Gasteiger charge is 2.31. The van der Waals surface area contributed by atoms with Crippen molar-refractivity contribution in [1.29, 1.82) is 0 Å².